The van der Waals surface area contributed by atoms with E-state index in [0.717, 1.165) is 30.0 Å². The minimum absolute atomic E-state index is 0.377. The Morgan fingerprint density at radius 2 is 2.04 bits per heavy atom. The summed E-state index contributed by atoms with van der Waals surface area (Å²) in [5.41, 5.74) is 8.40. The van der Waals surface area contributed by atoms with Crippen LogP contribution in [0.4, 0.5) is 0 Å². The number of benzene rings is 1. The lowest BCUT2D eigenvalue weighted by Gasteiger charge is -2.11. The highest BCUT2D eigenvalue weighted by Gasteiger charge is 2.06. The van der Waals surface area contributed by atoms with Crippen molar-refractivity contribution in [3.8, 4) is 11.5 Å². The normalized spacial score (nSPS) is 12.7. The fraction of sp³-hybridized carbons (Fsp3) is 0.389. The molecule has 6 heteroatoms. The molecule has 0 bridgehead atoms. The van der Waals surface area contributed by atoms with Crippen LogP contribution in [0.15, 0.2) is 40.0 Å². The van der Waals surface area contributed by atoms with E-state index in [1.54, 1.807) is 25.6 Å². The van der Waals surface area contributed by atoms with E-state index >= 15 is 0 Å². The molecule has 5 nitrogen and oxygen atoms in total. The number of hydrogen-bond acceptors (Lipinski definition) is 4. The number of hydrogen-bond donors (Lipinski definition) is 2. The van der Waals surface area contributed by atoms with Crippen molar-refractivity contribution in [1.82, 2.24) is 5.32 Å². The van der Waals surface area contributed by atoms with Gasteiger partial charge in [0.1, 0.15) is 0 Å². The van der Waals surface area contributed by atoms with Crippen LogP contribution in [0.1, 0.15) is 24.0 Å². The fourth-order valence-electron chi connectivity index (χ4n) is 2.32. The largest absolute Gasteiger partial charge is 0.493 e. The van der Waals surface area contributed by atoms with Gasteiger partial charge in [-0.15, -0.1) is 0 Å². The molecule has 0 saturated carbocycles. The van der Waals surface area contributed by atoms with E-state index in [2.05, 4.69) is 34.1 Å². The van der Waals surface area contributed by atoms with Gasteiger partial charge in [0.15, 0.2) is 17.5 Å². The Hall–Kier alpha value is -2.21. The van der Waals surface area contributed by atoms with Crippen LogP contribution in [0.25, 0.3) is 0 Å². The maximum absolute atomic E-state index is 5.94. The van der Waals surface area contributed by atoms with Gasteiger partial charge in [0.05, 0.1) is 14.2 Å². The Morgan fingerprint density at radius 3 is 2.71 bits per heavy atom. The van der Waals surface area contributed by atoms with E-state index in [1.807, 2.05) is 18.2 Å². The van der Waals surface area contributed by atoms with Crippen molar-refractivity contribution in [3.63, 3.8) is 0 Å². The SMILES string of the molecule is COc1ccc(CCNC(N)=NCC(C)c2ccsc2)cc1OC. The molecule has 1 aromatic carbocycles. The lowest BCUT2D eigenvalue weighted by molar-refractivity contribution is 0.354. The van der Waals surface area contributed by atoms with Crippen LogP contribution >= 0.6 is 11.3 Å². The predicted molar refractivity (Wildman–Crippen MR) is 100 cm³/mol. The number of aliphatic imine (C=N–C) groups is 1. The average molecular weight is 347 g/mol. The summed E-state index contributed by atoms with van der Waals surface area (Å²) in [5.74, 6) is 2.33. The summed E-state index contributed by atoms with van der Waals surface area (Å²) in [6.45, 7) is 3.56. The second kappa shape index (κ2) is 9.17. The summed E-state index contributed by atoms with van der Waals surface area (Å²) >= 11 is 1.70. The molecule has 0 spiro atoms. The second-order valence-corrected chi connectivity index (χ2v) is 6.33. The first kappa shape index (κ1) is 18.1. The van der Waals surface area contributed by atoms with Gasteiger partial charge in [-0.25, -0.2) is 0 Å². The van der Waals surface area contributed by atoms with E-state index in [9.17, 15) is 0 Å². The zero-order valence-corrected chi connectivity index (χ0v) is 15.2. The number of ether oxygens (including phenoxy) is 2. The van der Waals surface area contributed by atoms with Gasteiger partial charge < -0.3 is 20.5 Å². The highest BCUT2D eigenvalue weighted by Crippen LogP contribution is 2.27. The summed E-state index contributed by atoms with van der Waals surface area (Å²) in [7, 11) is 3.27. The Labute approximate surface area is 147 Å². The van der Waals surface area contributed by atoms with E-state index in [-0.39, 0.29) is 0 Å². The maximum Gasteiger partial charge on any atom is 0.188 e. The molecular formula is C18H25N3O2S. The molecular weight excluding hydrogens is 322 g/mol. The Bertz CT molecular complexity index is 656. The monoisotopic (exact) mass is 347 g/mol. The van der Waals surface area contributed by atoms with Crippen molar-refractivity contribution in [2.45, 2.75) is 19.3 Å². The van der Waals surface area contributed by atoms with Gasteiger partial charge in [0, 0.05) is 19.0 Å². The third-order valence-corrected chi connectivity index (χ3v) is 4.52. The van der Waals surface area contributed by atoms with Crippen LogP contribution in [-0.4, -0.2) is 33.3 Å². The highest BCUT2D eigenvalue weighted by atomic mass is 32.1. The molecule has 3 N–H and O–H groups in total. The molecule has 130 valence electrons. The minimum Gasteiger partial charge on any atom is -0.493 e. The molecule has 0 saturated heterocycles. The van der Waals surface area contributed by atoms with Crippen LogP contribution in [0.2, 0.25) is 0 Å². The van der Waals surface area contributed by atoms with Crippen molar-refractivity contribution < 1.29 is 9.47 Å². The van der Waals surface area contributed by atoms with Gasteiger partial charge in [0.2, 0.25) is 0 Å². The number of nitrogens with two attached hydrogens (primary N) is 1. The van der Waals surface area contributed by atoms with Gasteiger partial charge in [0.25, 0.3) is 0 Å². The molecule has 2 aromatic rings. The summed E-state index contributed by atoms with van der Waals surface area (Å²) in [6.07, 6.45) is 0.830. The molecule has 0 aliphatic heterocycles. The molecule has 0 aliphatic carbocycles. The van der Waals surface area contributed by atoms with Gasteiger partial charge in [-0.3, -0.25) is 4.99 Å². The molecule has 0 aliphatic rings. The van der Waals surface area contributed by atoms with Crippen LogP contribution < -0.4 is 20.5 Å². The second-order valence-electron chi connectivity index (χ2n) is 5.55. The number of guanidine groups is 1. The Kier molecular flexibility index (Phi) is 6.93. The van der Waals surface area contributed by atoms with Gasteiger partial charge in [-0.05, 0) is 46.5 Å². The fourth-order valence-corrected chi connectivity index (χ4v) is 3.11. The number of thiophene rings is 1. The van der Waals surface area contributed by atoms with Crippen LogP contribution in [0.3, 0.4) is 0 Å². The lowest BCUT2D eigenvalue weighted by atomic mass is 10.1. The minimum atomic E-state index is 0.377. The number of nitrogens with zero attached hydrogens (tertiary/aromatic N) is 1. The first-order valence-corrected chi connectivity index (χ1v) is 8.85. The summed E-state index contributed by atoms with van der Waals surface area (Å²) in [4.78, 5) is 4.42. The lowest BCUT2D eigenvalue weighted by Crippen LogP contribution is -2.33. The molecule has 24 heavy (non-hydrogen) atoms. The number of methoxy groups -OCH3 is 2. The van der Waals surface area contributed by atoms with Crippen molar-refractivity contribution in [2.24, 2.45) is 10.7 Å². The van der Waals surface area contributed by atoms with Crippen LogP contribution in [0.5, 0.6) is 11.5 Å². The molecule has 0 radical (unpaired) electrons. The summed E-state index contributed by atoms with van der Waals surface area (Å²) < 4.78 is 10.6. The third kappa shape index (κ3) is 5.16. The van der Waals surface area contributed by atoms with Crippen molar-refractivity contribution in [1.29, 1.82) is 0 Å². The zero-order valence-electron chi connectivity index (χ0n) is 14.4. The average Bonchev–Trinajstić information content (AvgIpc) is 3.14. The van der Waals surface area contributed by atoms with Gasteiger partial charge in [-0.2, -0.15) is 11.3 Å². The van der Waals surface area contributed by atoms with E-state index in [4.69, 9.17) is 15.2 Å². The number of nitrogens with one attached hydrogen (secondary N) is 1. The number of rotatable bonds is 8. The van der Waals surface area contributed by atoms with E-state index in [1.165, 1.54) is 5.56 Å². The molecule has 2 rings (SSSR count). The highest BCUT2D eigenvalue weighted by molar-refractivity contribution is 7.07. The first-order valence-electron chi connectivity index (χ1n) is 7.90. The van der Waals surface area contributed by atoms with Crippen LogP contribution in [-0.2, 0) is 6.42 Å². The zero-order chi connectivity index (χ0) is 17.4. The van der Waals surface area contributed by atoms with E-state index in [0.29, 0.717) is 18.4 Å². The first-order chi connectivity index (χ1) is 11.6. The smallest absolute Gasteiger partial charge is 0.188 e. The van der Waals surface area contributed by atoms with Gasteiger partial charge in [-0.1, -0.05) is 13.0 Å². The standard InChI is InChI=1S/C18H25N3O2S/c1-13(15-7-9-24-12-15)11-21-18(19)20-8-6-14-4-5-16(22-2)17(10-14)23-3/h4-5,7,9-10,12-13H,6,8,11H2,1-3H3,(H3,19,20,21). The molecule has 1 atom stereocenters. The van der Waals surface area contributed by atoms with Crippen molar-refractivity contribution in [3.05, 3.63) is 46.2 Å². The quantitative estimate of drug-likeness (QED) is 0.569. The van der Waals surface area contributed by atoms with Crippen molar-refractivity contribution in [2.75, 3.05) is 27.3 Å². The molecule has 0 amide bonds. The summed E-state index contributed by atoms with van der Waals surface area (Å²) in [6, 6.07) is 8.04. The maximum atomic E-state index is 5.94. The van der Waals surface area contributed by atoms with Crippen molar-refractivity contribution >= 4 is 17.3 Å². The van der Waals surface area contributed by atoms with Crippen LogP contribution in [0, 0.1) is 0 Å². The summed E-state index contributed by atoms with van der Waals surface area (Å²) in [5, 5.41) is 7.39. The van der Waals surface area contributed by atoms with E-state index < -0.39 is 0 Å². The molecule has 1 aromatic heterocycles. The third-order valence-electron chi connectivity index (χ3n) is 3.82. The Balaban J connectivity index is 1.79. The predicted octanol–water partition coefficient (Wildman–Crippen LogP) is 3.02. The molecule has 1 unspecified atom stereocenters. The van der Waals surface area contributed by atoms with Gasteiger partial charge >= 0.3 is 0 Å². The molecule has 0 fully saturated rings. The molecule has 1 heterocycles. The topological polar surface area (TPSA) is 68.9 Å². The Morgan fingerprint density at radius 1 is 1.25 bits per heavy atom.